The predicted molar refractivity (Wildman–Crippen MR) is 63.6 cm³/mol. The van der Waals surface area contributed by atoms with Crippen molar-refractivity contribution in [3.05, 3.63) is 0 Å². The van der Waals surface area contributed by atoms with Gasteiger partial charge in [-0.1, -0.05) is 13.8 Å². The number of likely N-dealkylation sites (N-methyl/N-ethyl adjacent to an activating group) is 1. The second kappa shape index (κ2) is 5.28. The van der Waals surface area contributed by atoms with Crippen molar-refractivity contribution >= 4 is 0 Å². The van der Waals surface area contributed by atoms with E-state index in [1.165, 1.54) is 0 Å². The Morgan fingerprint density at radius 1 is 1.13 bits per heavy atom. The summed E-state index contributed by atoms with van der Waals surface area (Å²) in [7, 11) is 2.19. The Labute approximate surface area is 94.3 Å². The molecule has 0 aromatic carbocycles. The lowest BCUT2D eigenvalue weighted by molar-refractivity contribution is -0.256. The van der Waals surface area contributed by atoms with Gasteiger partial charge in [0.2, 0.25) is 0 Å². The minimum absolute atomic E-state index is 0.329. The van der Waals surface area contributed by atoms with Gasteiger partial charge in [0.1, 0.15) is 0 Å². The van der Waals surface area contributed by atoms with Gasteiger partial charge in [0, 0.05) is 25.2 Å². The van der Waals surface area contributed by atoms with Crippen LogP contribution in [0, 0.1) is 5.92 Å². The topological polar surface area (TPSA) is 15.7 Å². The Morgan fingerprint density at radius 3 is 2.07 bits per heavy atom. The Morgan fingerprint density at radius 2 is 1.67 bits per heavy atom. The Balaban J connectivity index is 2.20. The fourth-order valence-electron chi connectivity index (χ4n) is 1.54. The third kappa shape index (κ3) is 3.44. The molecule has 0 bridgehead atoms. The molecule has 0 saturated carbocycles. The Bertz CT molecular complexity index is 188. The quantitative estimate of drug-likeness (QED) is 0.696. The van der Waals surface area contributed by atoms with Crippen molar-refractivity contribution in [3.63, 3.8) is 0 Å². The molecule has 1 aliphatic heterocycles. The van der Waals surface area contributed by atoms with E-state index < -0.39 is 0 Å². The first-order chi connectivity index (χ1) is 6.91. The molecule has 0 amide bonds. The molecule has 0 radical (unpaired) electrons. The van der Waals surface area contributed by atoms with Crippen LogP contribution < -0.4 is 0 Å². The van der Waals surface area contributed by atoms with Crippen LogP contribution in [-0.2, 0) is 4.84 Å². The van der Waals surface area contributed by atoms with Gasteiger partial charge in [-0.3, -0.25) is 9.74 Å². The fraction of sp³-hybridized carbons (Fsp3) is 1.00. The van der Waals surface area contributed by atoms with E-state index in [1.807, 2.05) is 0 Å². The number of hydroxylamine groups is 2. The zero-order chi connectivity index (χ0) is 11.6. The molecule has 1 atom stereocenters. The minimum Gasteiger partial charge on any atom is -0.298 e. The highest BCUT2D eigenvalue weighted by Crippen LogP contribution is 2.18. The molecule has 3 heteroatoms. The van der Waals surface area contributed by atoms with Crippen LogP contribution in [0.5, 0.6) is 0 Å². The molecule has 1 saturated heterocycles. The molecule has 15 heavy (non-hydrogen) atoms. The van der Waals surface area contributed by atoms with Crippen LogP contribution in [0.4, 0.5) is 0 Å². The van der Waals surface area contributed by atoms with Gasteiger partial charge < -0.3 is 0 Å². The zero-order valence-corrected chi connectivity index (χ0v) is 11.0. The van der Waals surface area contributed by atoms with Crippen LogP contribution in [0.2, 0.25) is 0 Å². The van der Waals surface area contributed by atoms with Gasteiger partial charge in [0.15, 0.2) is 0 Å². The van der Waals surface area contributed by atoms with Gasteiger partial charge in [-0.25, -0.2) is 0 Å². The highest BCUT2D eigenvalue weighted by atomic mass is 16.7. The summed E-state index contributed by atoms with van der Waals surface area (Å²) < 4.78 is 0. The van der Waals surface area contributed by atoms with Crippen molar-refractivity contribution in [2.45, 2.75) is 52.8 Å². The highest BCUT2D eigenvalue weighted by molar-refractivity contribution is 4.84. The second-order valence-corrected chi connectivity index (χ2v) is 5.31. The summed E-state index contributed by atoms with van der Waals surface area (Å²) in [6.45, 7) is 13.1. The van der Waals surface area contributed by atoms with Crippen LogP contribution in [0.3, 0.4) is 0 Å². The zero-order valence-electron chi connectivity index (χ0n) is 11.0. The molecule has 3 nitrogen and oxygen atoms in total. The van der Waals surface area contributed by atoms with Crippen molar-refractivity contribution in [2.75, 3.05) is 20.1 Å². The molecule has 1 aliphatic rings. The van der Waals surface area contributed by atoms with Crippen molar-refractivity contribution in [1.82, 2.24) is 9.96 Å². The Hall–Kier alpha value is -0.120. The van der Waals surface area contributed by atoms with Crippen LogP contribution in [0.25, 0.3) is 0 Å². The summed E-state index contributed by atoms with van der Waals surface area (Å²) in [4.78, 5) is 8.23. The van der Waals surface area contributed by atoms with Crippen molar-refractivity contribution in [1.29, 1.82) is 0 Å². The number of rotatable bonds is 5. The van der Waals surface area contributed by atoms with Crippen LogP contribution in [-0.4, -0.2) is 48.3 Å². The maximum absolute atomic E-state index is 5.81. The standard InChI is InChI=1S/C12H26N2O/c1-9(2)11(5)15-14-7-12(8-14)13(6)10(3)4/h9-12H,7-8H2,1-6H3. The van der Waals surface area contributed by atoms with Crippen LogP contribution in [0.1, 0.15) is 34.6 Å². The first-order valence-electron chi connectivity index (χ1n) is 6.05. The largest absolute Gasteiger partial charge is 0.298 e. The third-order valence-electron chi connectivity index (χ3n) is 3.47. The molecule has 1 heterocycles. The van der Waals surface area contributed by atoms with E-state index in [4.69, 9.17) is 4.84 Å². The molecule has 0 aromatic heterocycles. The third-order valence-corrected chi connectivity index (χ3v) is 3.47. The van der Waals surface area contributed by atoms with E-state index >= 15 is 0 Å². The maximum Gasteiger partial charge on any atom is 0.0788 e. The van der Waals surface area contributed by atoms with E-state index in [0.717, 1.165) is 13.1 Å². The predicted octanol–water partition coefficient (Wildman–Crippen LogP) is 1.99. The van der Waals surface area contributed by atoms with Gasteiger partial charge in [-0.15, -0.1) is 0 Å². The molecule has 0 spiro atoms. The molecule has 0 aromatic rings. The van der Waals surface area contributed by atoms with Gasteiger partial charge in [0.25, 0.3) is 0 Å². The normalized spacial score (nSPS) is 21.4. The van der Waals surface area contributed by atoms with E-state index in [0.29, 0.717) is 24.1 Å². The summed E-state index contributed by atoms with van der Waals surface area (Å²) in [6.07, 6.45) is 0.329. The molecule has 0 N–H and O–H groups in total. The van der Waals surface area contributed by atoms with Crippen molar-refractivity contribution < 1.29 is 4.84 Å². The Kier molecular flexibility index (Phi) is 4.56. The molecule has 1 rings (SSSR count). The van der Waals surface area contributed by atoms with Gasteiger partial charge in [-0.05, 0) is 33.7 Å². The summed E-state index contributed by atoms with van der Waals surface area (Å²) in [6, 6.07) is 1.30. The summed E-state index contributed by atoms with van der Waals surface area (Å²) in [5.41, 5.74) is 0. The van der Waals surface area contributed by atoms with Crippen molar-refractivity contribution in [3.8, 4) is 0 Å². The average Bonchev–Trinajstić information content (AvgIpc) is 2.08. The SMILES string of the molecule is CC(C)C(C)ON1CC(N(C)C(C)C)C1. The van der Waals surface area contributed by atoms with Crippen LogP contribution >= 0.6 is 0 Å². The molecular formula is C12H26N2O. The lowest BCUT2D eigenvalue weighted by atomic mass is 10.1. The lowest BCUT2D eigenvalue weighted by Gasteiger charge is -2.45. The monoisotopic (exact) mass is 214 g/mol. The summed E-state index contributed by atoms with van der Waals surface area (Å²) in [5.74, 6) is 0.590. The first kappa shape index (κ1) is 12.9. The maximum atomic E-state index is 5.81. The van der Waals surface area contributed by atoms with E-state index in [9.17, 15) is 0 Å². The minimum atomic E-state index is 0.329. The van der Waals surface area contributed by atoms with Gasteiger partial charge >= 0.3 is 0 Å². The second-order valence-electron chi connectivity index (χ2n) is 5.31. The van der Waals surface area contributed by atoms with Crippen molar-refractivity contribution in [2.24, 2.45) is 5.92 Å². The number of nitrogens with zero attached hydrogens (tertiary/aromatic N) is 2. The molecule has 1 unspecified atom stereocenters. The van der Waals surface area contributed by atoms with E-state index in [2.05, 4.69) is 51.6 Å². The fourth-order valence-corrected chi connectivity index (χ4v) is 1.54. The van der Waals surface area contributed by atoms with Gasteiger partial charge in [-0.2, -0.15) is 5.06 Å². The first-order valence-corrected chi connectivity index (χ1v) is 6.05. The van der Waals surface area contributed by atoms with Crippen LogP contribution in [0.15, 0.2) is 0 Å². The van der Waals surface area contributed by atoms with Gasteiger partial charge in [0.05, 0.1) is 6.10 Å². The molecule has 0 aliphatic carbocycles. The molecule has 1 fully saturated rings. The molecular weight excluding hydrogens is 188 g/mol. The summed E-state index contributed by atoms with van der Waals surface area (Å²) in [5, 5.41) is 2.09. The average molecular weight is 214 g/mol. The molecule has 90 valence electrons. The van der Waals surface area contributed by atoms with E-state index in [-0.39, 0.29) is 0 Å². The number of hydrogen-bond donors (Lipinski definition) is 0. The highest BCUT2D eigenvalue weighted by Gasteiger charge is 2.32. The lowest BCUT2D eigenvalue weighted by Crippen LogP contribution is -2.60. The van der Waals surface area contributed by atoms with E-state index in [1.54, 1.807) is 0 Å². The number of hydrogen-bond acceptors (Lipinski definition) is 3. The smallest absolute Gasteiger partial charge is 0.0788 e. The summed E-state index contributed by atoms with van der Waals surface area (Å²) >= 11 is 0.